The van der Waals surface area contributed by atoms with Crippen LogP contribution in [-0.2, 0) is 5.54 Å². The van der Waals surface area contributed by atoms with Crippen molar-refractivity contribution in [1.29, 1.82) is 0 Å². The van der Waals surface area contributed by atoms with E-state index in [1.165, 1.54) is 19.3 Å². The minimum atomic E-state index is -0.477. The summed E-state index contributed by atoms with van der Waals surface area (Å²) in [4.78, 5) is 4.37. The first-order valence-corrected chi connectivity index (χ1v) is 5.26. The number of nitrogens with two attached hydrogens (primary N) is 1. The van der Waals surface area contributed by atoms with Crippen molar-refractivity contribution in [3.63, 3.8) is 0 Å². The van der Waals surface area contributed by atoms with E-state index in [1.807, 2.05) is 13.8 Å². The zero-order valence-electron chi connectivity index (χ0n) is 8.79. The second kappa shape index (κ2) is 3.35. The normalized spacial score (nSPS) is 21.6. The van der Waals surface area contributed by atoms with Gasteiger partial charge in [0.15, 0.2) is 5.82 Å². The summed E-state index contributed by atoms with van der Waals surface area (Å²) in [7, 11) is 0. The summed E-state index contributed by atoms with van der Waals surface area (Å²) in [6, 6.07) is 0. The van der Waals surface area contributed by atoms with Gasteiger partial charge >= 0.3 is 0 Å². The summed E-state index contributed by atoms with van der Waals surface area (Å²) in [6.07, 6.45) is 4.46. The molecule has 2 rings (SSSR count). The van der Waals surface area contributed by atoms with Gasteiger partial charge in [-0.05, 0) is 26.2 Å². The third-order valence-electron chi connectivity index (χ3n) is 3.14. The lowest BCUT2D eigenvalue weighted by atomic mass is 9.85. The van der Waals surface area contributed by atoms with Crippen molar-refractivity contribution in [2.24, 2.45) is 5.73 Å². The first-order valence-electron chi connectivity index (χ1n) is 5.26. The van der Waals surface area contributed by atoms with E-state index in [-0.39, 0.29) is 0 Å². The second-order valence-corrected chi connectivity index (χ2v) is 4.36. The van der Waals surface area contributed by atoms with E-state index < -0.39 is 5.54 Å². The Kier molecular flexibility index (Phi) is 2.31. The van der Waals surface area contributed by atoms with Gasteiger partial charge in [0, 0.05) is 5.92 Å². The lowest BCUT2D eigenvalue weighted by Crippen LogP contribution is -2.32. The van der Waals surface area contributed by atoms with Crippen molar-refractivity contribution < 1.29 is 4.52 Å². The Hall–Kier alpha value is -0.900. The lowest BCUT2D eigenvalue weighted by Gasteiger charge is -2.21. The van der Waals surface area contributed by atoms with Gasteiger partial charge in [-0.2, -0.15) is 4.98 Å². The molecule has 0 spiro atoms. The molecule has 0 aliphatic heterocycles. The molecule has 1 aliphatic rings. The third kappa shape index (κ3) is 1.54. The van der Waals surface area contributed by atoms with Crippen LogP contribution < -0.4 is 5.73 Å². The monoisotopic (exact) mass is 195 g/mol. The highest BCUT2D eigenvalue weighted by atomic mass is 16.5. The molecule has 1 saturated carbocycles. The van der Waals surface area contributed by atoms with Gasteiger partial charge in [-0.15, -0.1) is 0 Å². The maximum Gasteiger partial charge on any atom is 0.246 e. The molecule has 2 N–H and O–H groups in total. The van der Waals surface area contributed by atoms with Gasteiger partial charge in [0.25, 0.3) is 0 Å². The molecular formula is C10H17N3O. The van der Waals surface area contributed by atoms with E-state index in [4.69, 9.17) is 10.3 Å². The Morgan fingerprint density at radius 2 is 2.29 bits per heavy atom. The van der Waals surface area contributed by atoms with Gasteiger partial charge in [0.2, 0.25) is 5.89 Å². The van der Waals surface area contributed by atoms with Crippen LogP contribution in [0.2, 0.25) is 0 Å². The quantitative estimate of drug-likeness (QED) is 0.800. The SMILES string of the molecule is CCC(C)(N)c1nc(C2CCC2)no1. The van der Waals surface area contributed by atoms with Gasteiger partial charge in [0.05, 0.1) is 5.54 Å². The van der Waals surface area contributed by atoms with E-state index in [1.54, 1.807) is 0 Å². The molecule has 1 aromatic heterocycles. The molecule has 4 nitrogen and oxygen atoms in total. The van der Waals surface area contributed by atoms with Crippen molar-refractivity contribution in [3.8, 4) is 0 Å². The summed E-state index contributed by atoms with van der Waals surface area (Å²) in [5.41, 5.74) is 5.54. The van der Waals surface area contributed by atoms with Crippen LogP contribution in [0.4, 0.5) is 0 Å². The predicted octanol–water partition coefficient (Wildman–Crippen LogP) is 1.92. The topological polar surface area (TPSA) is 64.9 Å². The Morgan fingerprint density at radius 3 is 2.79 bits per heavy atom. The van der Waals surface area contributed by atoms with Gasteiger partial charge in [-0.1, -0.05) is 18.5 Å². The fourth-order valence-corrected chi connectivity index (χ4v) is 1.45. The molecular weight excluding hydrogens is 178 g/mol. The van der Waals surface area contributed by atoms with Crippen LogP contribution in [-0.4, -0.2) is 10.1 Å². The molecule has 0 amide bonds. The van der Waals surface area contributed by atoms with E-state index >= 15 is 0 Å². The Bertz CT molecular complexity index is 315. The van der Waals surface area contributed by atoms with Crippen LogP contribution >= 0.6 is 0 Å². The number of hydrogen-bond acceptors (Lipinski definition) is 4. The van der Waals surface area contributed by atoms with Gasteiger partial charge in [0.1, 0.15) is 0 Å². The van der Waals surface area contributed by atoms with Crippen LogP contribution in [0.3, 0.4) is 0 Å². The molecule has 1 aliphatic carbocycles. The van der Waals surface area contributed by atoms with Crippen molar-refractivity contribution in [3.05, 3.63) is 11.7 Å². The van der Waals surface area contributed by atoms with E-state index in [0.29, 0.717) is 11.8 Å². The maximum atomic E-state index is 6.01. The highest BCUT2D eigenvalue weighted by Gasteiger charge is 2.30. The average molecular weight is 195 g/mol. The Morgan fingerprint density at radius 1 is 1.57 bits per heavy atom. The summed E-state index contributed by atoms with van der Waals surface area (Å²) in [5, 5.41) is 3.99. The first kappa shape index (κ1) is 9.65. The molecule has 0 radical (unpaired) electrons. The lowest BCUT2D eigenvalue weighted by molar-refractivity contribution is 0.286. The minimum Gasteiger partial charge on any atom is -0.337 e. The third-order valence-corrected chi connectivity index (χ3v) is 3.14. The van der Waals surface area contributed by atoms with E-state index in [9.17, 15) is 0 Å². The zero-order chi connectivity index (χ0) is 10.2. The fraction of sp³-hybridized carbons (Fsp3) is 0.800. The smallest absolute Gasteiger partial charge is 0.246 e. The summed E-state index contributed by atoms with van der Waals surface area (Å²) in [5.74, 6) is 1.93. The van der Waals surface area contributed by atoms with Gasteiger partial charge < -0.3 is 10.3 Å². The molecule has 1 aromatic rings. The summed E-state index contributed by atoms with van der Waals surface area (Å²) >= 11 is 0. The summed E-state index contributed by atoms with van der Waals surface area (Å²) < 4.78 is 5.19. The zero-order valence-corrected chi connectivity index (χ0v) is 8.79. The van der Waals surface area contributed by atoms with Crippen LogP contribution in [0.25, 0.3) is 0 Å². The van der Waals surface area contributed by atoms with E-state index in [0.717, 1.165) is 12.2 Å². The van der Waals surface area contributed by atoms with Gasteiger partial charge in [-0.3, -0.25) is 0 Å². The molecule has 0 bridgehead atoms. The van der Waals surface area contributed by atoms with Crippen LogP contribution in [0.5, 0.6) is 0 Å². The molecule has 0 aromatic carbocycles. The van der Waals surface area contributed by atoms with Crippen LogP contribution in [0.15, 0.2) is 4.52 Å². The van der Waals surface area contributed by atoms with Crippen molar-refractivity contribution in [2.45, 2.75) is 51.0 Å². The average Bonchev–Trinajstić information content (AvgIpc) is 2.51. The molecule has 1 unspecified atom stereocenters. The fourth-order valence-electron chi connectivity index (χ4n) is 1.45. The van der Waals surface area contributed by atoms with Crippen LogP contribution in [0, 0.1) is 0 Å². The molecule has 0 saturated heterocycles. The second-order valence-electron chi connectivity index (χ2n) is 4.36. The number of hydrogen-bond donors (Lipinski definition) is 1. The van der Waals surface area contributed by atoms with Gasteiger partial charge in [-0.25, -0.2) is 0 Å². The number of nitrogens with zero attached hydrogens (tertiary/aromatic N) is 2. The highest BCUT2D eigenvalue weighted by Crippen LogP contribution is 2.35. The minimum absolute atomic E-state index is 0.477. The van der Waals surface area contributed by atoms with Crippen molar-refractivity contribution >= 4 is 0 Å². The molecule has 1 atom stereocenters. The Labute approximate surface area is 83.9 Å². The number of aromatic nitrogens is 2. The predicted molar refractivity (Wildman–Crippen MR) is 52.7 cm³/mol. The molecule has 14 heavy (non-hydrogen) atoms. The molecule has 4 heteroatoms. The molecule has 1 fully saturated rings. The molecule has 1 heterocycles. The Balaban J connectivity index is 2.16. The largest absolute Gasteiger partial charge is 0.337 e. The van der Waals surface area contributed by atoms with E-state index in [2.05, 4.69) is 10.1 Å². The molecule has 78 valence electrons. The van der Waals surface area contributed by atoms with Crippen molar-refractivity contribution in [1.82, 2.24) is 10.1 Å². The van der Waals surface area contributed by atoms with Crippen LogP contribution in [0.1, 0.15) is 57.2 Å². The standard InChI is InChI=1S/C10H17N3O/c1-3-10(2,11)9-12-8(13-14-9)7-5-4-6-7/h7H,3-6,11H2,1-2H3. The van der Waals surface area contributed by atoms with Crippen molar-refractivity contribution in [2.75, 3.05) is 0 Å². The highest BCUT2D eigenvalue weighted by molar-refractivity contribution is 5.04. The summed E-state index contributed by atoms with van der Waals surface area (Å²) in [6.45, 7) is 3.94. The first-order chi connectivity index (χ1) is 6.63. The number of rotatable bonds is 3. The maximum absolute atomic E-state index is 6.01.